The van der Waals surface area contributed by atoms with Gasteiger partial charge in [-0.05, 0) is 55.6 Å². The van der Waals surface area contributed by atoms with Gasteiger partial charge in [0.1, 0.15) is 17.9 Å². The summed E-state index contributed by atoms with van der Waals surface area (Å²) in [5.74, 6) is -3.03. The molecule has 11 nitrogen and oxygen atoms in total. The van der Waals surface area contributed by atoms with Gasteiger partial charge in [-0.1, -0.05) is 76.2 Å². The third-order valence-corrected chi connectivity index (χ3v) is 10.3. The van der Waals surface area contributed by atoms with Crippen LogP contribution in [0.3, 0.4) is 0 Å². The van der Waals surface area contributed by atoms with Gasteiger partial charge in [0.25, 0.3) is 5.91 Å². The maximum Gasteiger partial charge on any atom is 0.289 e. The number of carbonyl (C=O) groups is 5. The van der Waals surface area contributed by atoms with Crippen molar-refractivity contribution in [2.45, 2.75) is 135 Å². The summed E-state index contributed by atoms with van der Waals surface area (Å²) >= 11 is 6.04. The molecule has 2 heterocycles. The molecule has 1 spiro atoms. The quantitative estimate of drug-likeness (QED) is 0.272. The van der Waals surface area contributed by atoms with E-state index < -0.39 is 58.5 Å². The van der Waals surface area contributed by atoms with Crippen LogP contribution in [0.4, 0.5) is 4.39 Å². The maximum absolute atomic E-state index is 14.5. The fourth-order valence-corrected chi connectivity index (χ4v) is 7.30. The first-order valence-corrected chi connectivity index (χ1v) is 18.0. The van der Waals surface area contributed by atoms with E-state index in [2.05, 4.69) is 21.1 Å². The van der Waals surface area contributed by atoms with Gasteiger partial charge in [0.2, 0.25) is 23.5 Å². The summed E-state index contributed by atoms with van der Waals surface area (Å²) in [7, 11) is 0. The molecule has 3 N–H and O–H groups in total. The van der Waals surface area contributed by atoms with Crippen molar-refractivity contribution < 1.29 is 33.2 Å². The largest absolute Gasteiger partial charge is 0.387 e. The topological polar surface area (TPSA) is 146 Å². The molecule has 1 aromatic rings. The molecule has 0 radical (unpaired) electrons. The standard InChI is InChI=1S/C36H49ClFN5O6/c1-5-9-26(30(45)33(47)39-23-13-14-23)40-32(46)28-19-36(18-27(42-49-36)22-12-15-25(38)24(37)17-22)20-43(28)34(48)31(35(2,3)4)41-29(44)16-21-10-7-6-8-11-21/h12,15,17,21,23,26,28,31H,5-11,13-14,16,18-20H2,1-4H3,(H,39,47)(H,40,46)(H,41,44)/t26-,28-,31+,36+/m0/s1. The summed E-state index contributed by atoms with van der Waals surface area (Å²) in [6, 6.07) is 1.09. The minimum absolute atomic E-state index is 0.0223. The van der Waals surface area contributed by atoms with Gasteiger partial charge < -0.3 is 25.7 Å². The molecule has 5 rings (SSSR count). The normalized spacial score (nSPS) is 23.8. The highest BCUT2D eigenvalue weighted by Gasteiger charge is 2.55. The Morgan fingerprint density at radius 3 is 2.43 bits per heavy atom. The van der Waals surface area contributed by atoms with E-state index in [1.54, 1.807) is 0 Å². The number of rotatable bonds is 12. The fraction of sp³-hybridized carbons (Fsp3) is 0.667. The van der Waals surface area contributed by atoms with Crippen LogP contribution in [0.5, 0.6) is 0 Å². The number of likely N-dealkylation sites (tertiary alicyclic amines) is 1. The molecule has 3 fully saturated rings. The van der Waals surface area contributed by atoms with Crippen LogP contribution in [0, 0.1) is 17.2 Å². The molecule has 0 aromatic heterocycles. The molecule has 49 heavy (non-hydrogen) atoms. The van der Waals surface area contributed by atoms with E-state index >= 15 is 0 Å². The Morgan fingerprint density at radius 2 is 1.80 bits per heavy atom. The minimum Gasteiger partial charge on any atom is -0.387 e. The summed E-state index contributed by atoms with van der Waals surface area (Å²) < 4.78 is 13.9. The van der Waals surface area contributed by atoms with E-state index in [4.69, 9.17) is 16.4 Å². The Balaban J connectivity index is 1.39. The van der Waals surface area contributed by atoms with Crippen molar-refractivity contribution in [3.63, 3.8) is 0 Å². The number of hydrogen-bond donors (Lipinski definition) is 3. The number of carbonyl (C=O) groups excluding carboxylic acids is 5. The molecule has 2 aliphatic carbocycles. The number of hydrogen-bond acceptors (Lipinski definition) is 7. The first-order valence-electron chi connectivity index (χ1n) is 17.6. The van der Waals surface area contributed by atoms with Crippen LogP contribution in [0.1, 0.15) is 110 Å². The van der Waals surface area contributed by atoms with Gasteiger partial charge in [-0.3, -0.25) is 24.0 Å². The Kier molecular flexibility index (Phi) is 11.4. The van der Waals surface area contributed by atoms with Crippen LogP contribution in [0.25, 0.3) is 0 Å². The maximum atomic E-state index is 14.5. The van der Waals surface area contributed by atoms with Crippen molar-refractivity contribution in [2.75, 3.05) is 6.54 Å². The summed E-state index contributed by atoms with van der Waals surface area (Å²) in [4.78, 5) is 75.2. The number of ketones is 1. The van der Waals surface area contributed by atoms with Gasteiger partial charge >= 0.3 is 0 Å². The SMILES string of the molecule is CCC[C@H](NC(=O)[C@@H]1C[C@]2(CC(c3ccc(F)c(Cl)c3)=NO2)CN1C(=O)[C@@H](NC(=O)CC1CCCCC1)C(C)(C)C)C(=O)C(=O)NC1CC1. The van der Waals surface area contributed by atoms with E-state index in [0.717, 1.165) is 38.5 Å². The van der Waals surface area contributed by atoms with Crippen LogP contribution in [-0.2, 0) is 28.8 Å². The second-order valence-electron chi connectivity index (χ2n) is 15.3. The fourth-order valence-electron chi connectivity index (χ4n) is 7.12. The molecule has 0 bridgehead atoms. The van der Waals surface area contributed by atoms with E-state index in [1.807, 2.05) is 27.7 Å². The van der Waals surface area contributed by atoms with Gasteiger partial charge in [0, 0.05) is 30.9 Å². The lowest BCUT2D eigenvalue weighted by Gasteiger charge is -2.36. The molecule has 2 aliphatic heterocycles. The lowest BCUT2D eigenvalue weighted by atomic mass is 9.84. The summed E-state index contributed by atoms with van der Waals surface area (Å²) in [6.45, 7) is 7.40. The number of benzene rings is 1. The van der Waals surface area contributed by atoms with Gasteiger partial charge in [0.05, 0.1) is 23.3 Å². The molecule has 13 heteroatoms. The van der Waals surface area contributed by atoms with Crippen LogP contribution in [0.15, 0.2) is 23.4 Å². The molecule has 268 valence electrons. The first kappa shape index (κ1) is 36.7. The number of amides is 4. The van der Waals surface area contributed by atoms with Crippen LogP contribution in [0.2, 0.25) is 5.02 Å². The van der Waals surface area contributed by atoms with E-state index in [1.165, 1.54) is 29.5 Å². The second kappa shape index (κ2) is 15.1. The first-order chi connectivity index (χ1) is 23.2. The zero-order chi connectivity index (χ0) is 35.5. The average Bonchev–Trinajstić information content (AvgIpc) is 3.65. The number of oxime groups is 1. The molecule has 0 unspecified atom stereocenters. The third-order valence-electron chi connectivity index (χ3n) is 10.0. The van der Waals surface area contributed by atoms with E-state index in [9.17, 15) is 28.4 Å². The molecular formula is C36H49ClFN5O6. The van der Waals surface area contributed by atoms with Gasteiger partial charge in [-0.15, -0.1) is 0 Å². The number of nitrogens with zero attached hydrogens (tertiary/aromatic N) is 2. The lowest BCUT2D eigenvalue weighted by molar-refractivity contribution is -0.145. The van der Waals surface area contributed by atoms with E-state index in [0.29, 0.717) is 24.1 Å². The summed E-state index contributed by atoms with van der Waals surface area (Å²) in [5.41, 5.74) is -0.775. The molecule has 1 aromatic carbocycles. The smallest absolute Gasteiger partial charge is 0.289 e. The molecule has 4 aliphatic rings. The molecule has 2 saturated carbocycles. The van der Waals surface area contributed by atoms with E-state index in [-0.39, 0.29) is 48.7 Å². The molecule has 4 atom stereocenters. The van der Waals surface area contributed by atoms with Crippen LogP contribution < -0.4 is 16.0 Å². The molecular weight excluding hydrogens is 653 g/mol. The lowest BCUT2D eigenvalue weighted by Crippen LogP contribution is -2.59. The number of Topliss-reactive ketones (excluding diaryl/α,β-unsaturated/α-hetero) is 1. The van der Waals surface area contributed by atoms with Crippen LogP contribution >= 0.6 is 11.6 Å². The van der Waals surface area contributed by atoms with Crippen molar-refractivity contribution >= 4 is 46.7 Å². The Morgan fingerprint density at radius 1 is 1.08 bits per heavy atom. The van der Waals surface area contributed by atoms with Crippen LogP contribution in [-0.4, -0.2) is 76.3 Å². The molecule has 1 saturated heterocycles. The number of halogens is 2. The summed E-state index contributed by atoms with van der Waals surface area (Å²) in [5, 5.41) is 12.7. The highest BCUT2D eigenvalue weighted by molar-refractivity contribution is 6.38. The zero-order valence-corrected chi connectivity index (χ0v) is 29.7. The van der Waals surface area contributed by atoms with Gasteiger partial charge in [-0.2, -0.15) is 0 Å². The monoisotopic (exact) mass is 701 g/mol. The van der Waals surface area contributed by atoms with Crippen molar-refractivity contribution in [3.8, 4) is 0 Å². The average molecular weight is 702 g/mol. The Bertz CT molecular complexity index is 1490. The van der Waals surface area contributed by atoms with Gasteiger partial charge in [-0.25, -0.2) is 4.39 Å². The predicted molar refractivity (Wildman–Crippen MR) is 182 cm³/mol. The number of nitrogens with one attached hydrogen (secondary N) is 3. The highest BCUT2D eigenvalue weighted by atomic mass is 35.5. The van der Waals surface area contributed by atoms with Crippen molar-refractivity contribution in [1.82, 2.24) is 20.9 Å². The minimum atomic E-state index is -1.10. The highest BCUT2D eigenvalue weighted by Crippen LogP contribution is 2.40. The molecule has 4 amide bonds. The predicted octanol–water partition coefficient (Wildman–Crippen LogP) is 4.58. The Hall–Kier alpha value is -3.54. The van der Waals surface area contributed by atoms with Crippen molar-refractivity contribution in [3.05, 3.63) is 34.6 Å². The van der Waals surface area contributed by atoms with Gasteiger partial charge in [0.15, 0.2) is 5.60 Å². The van der Waals surface area contributed by atoms with Crippen molar-refractivity contribution in [1.29, 1.82) is 0 Å². The zero-order valence-electron chi connectivity index (χ0n) is 28.9. The second-order valence-corrected chi connectivity index (χ2v) is 15.7. The summed E-state index contributed by atoms with van der Waals surface area (Å²) in [6.07, 6.45) is 8.28. The van der Waals surface area contributed by atoms with Crippen molar-refractivity contribution in [2.24, 2.45) is 16.5 Å². The Labute approximate surface area is 292 Å². The third kappa shape index (κ3) is 8.98.